The maximum Gasteiger partial charge on any atom is 0.254 e. The predicted octanol–water partition coefficient (Wildman–Crippen LogP) is 3.50. The summed E-state index contributed by atoms with van der Waals surface area (Å²) in [7, 11) is 0. The molecule has 0 amide bonds. The molecule has 1 N–H and O–H groups in total. The predicted molar refractivity (Wildman–Crippen MR) is 99.5 cm³/mol. The molecular weight excluding hydrogens is 340 g/mol. The Hall–Kier alpha value is -1.02. The minimum Gasteiger partial charge on any atom is -0.373 e. The van der Waals surface area contributed by atoms with Crippen LogP contribution in [0.2, 0.25) is 0 Å². The van der Waals surface area contributed by atoms with E-state index in [1.807, 2.05) is 41.5 Å². The molecule has 0 aromatic carbocycles. The van der Waals surface area contributed by atoms with Crippen LogP contribution in [-0.4, -0.2) is 39.6 Å². The highest BCUT2D eigenvalue weighted by molar-refractivity contribution is 7.71. The van der Waals surface area contributed by atoms with Crippen molar-refractivity contribution in [3.63, 3.8) is 0 Å². The van der Waals surface area contributed by atoms with Gasteiger partial charge in [0.15, 0.2) is 4.77 Å². The molecule has 0 saturated carbocycles. The van der Waals surface area contributed by atoms with E-state index in [1.54, 1.807) is 17.7 Å². The number of nitrogens with one attached hydrogen (secondary N) is 1. The smallest absolute Gasteiger partial charge is 0.254 e. The summed E-state index contributed by atoms with van der Waals surface area (Å²) in [5.41, 5.74) is -0.113. The van der Waals surface area contributed by atoms with Crippen molar-refractivity contribution in [2.24, 2.45) is 0 Å². The first-order valence-electron chi connectivity index (χ1n) is 8.65. The van der Waals surface area contributed by atoms with Gasteiger partial charge in [-0.3, -0.25) is 14.3 Å². The Balaban J connectivity index is 2.23. The summed E-state index contributed by atoms with van der Waals surface area (Å²) >= 11 is 5.30. The van der Waals surface area contributed by atoms with E-state index in [9.17, 15) is 4.79 Å². The molecule has 6 nitrogen and oxygen atoms in total. The molecule has 1 aliphatic rings. The van der Waals surface area contributed by atoms with Gasteiger partial charge >= 0.3 is 0 Å². The summed E-state index contributed by atoms with van der Waals surface area (Å²) < 4.78 is 20.5. The summed E-state index contributed by atoms with van der Waals surface area (Å²) in [4.78, 5) is 14.4. The molecule has 0 radical (unpaired) electrons. The fraction of sp³-hybridized carbons (Fsp3) is 0.778. The Morgan fingerprint density at radius 1 is 1.28 bits per heavy atom. The van der Waals surface area contributed by atoms with E-state index in [2.05, 4.69) is 4.98 Å². The molecule has 25 heavy (non-hydrogen) atoms. The molecule has 1 aromatic rings. The van der Waals surface area contributed by atoms with Crippen LogP contribution in [0.3, 0.4) is 0 Å². The van der Waals surface area contributed by atoms with Gasteiger partial charge in [0.25, 0.3) is 5.56 Å². The number of hydrogen-bond acceptors (Lipinski definition) is 5. The van der Waals surface area contributed by atoms with Crippen LogP contribution in [0.1, 0.15) is 59.8 Å². The monoisotopic (exact) mass is 370 g/mol. The van der Waals surface area contributed by atoms with E-state index < -0.39 is 0 Å². The molecule has 1 saturated heterocycles. The number of nitrogens with zero attached hydrogens (tertiary/aromatic N) is 1. The lowest BCUT2D eigenvalue weighted by atomic mass is 10.1. The number of aromatic nitrogens is 2. The number of aromatic amines is 1. The van der Waals surface area contributed by atoms with Crippen molar-refractivity contribution in [3.05, 3.63) is 26.9 Å². The lowest BCUT2D eigenvalue weighted by molar-refractivity contribution is -0.132. The maximum atomic E-state index is 11.7. The van der Waals surface area contributed by atoms with Gasteiger partial charge in [-0.15, -0.1) is 0 Å². The molecular formula is C18H30N2O4S. The first-order valence-corrected chi connectivity index (χ1v) is 9.06. The highest BCUT2D eigenvalue weighted by atomic mass is 32.1. The zero-order chi connectivity index (χ0) is 19.0. The van der Waals surface area contributed by atoms with Crippen molar-refractivity contribution in [1.82, 2.24) is 9.55 Å². The molecule has 2 rings (SSSR count). The first-order chi connectivity index (χ1) is 11.4. The molecule has 1 aliphatic heterocycles. The van der Waals surface area contributed by atoms with Crippen LogP contribution in [-0.2, 0) is 14.2 Å². The molecule has 2 heterocycles. The molecule has 3 atom stereocenters. The standard InChI is InChI=1S/C18H30N2O4S/c1-11-9-20(16(25)19-15(11)21)14-8-12(24-18(5,6)7)13(23-14)10-22-17(2,3)4/h9,12-14H,8,10H2,1-7H3,(H,19,21,25)/t12-,13-,14-/m1/s1. The fourth-order valence-corrected chi connectivity index (χ4v) is 2.99. The Morgan fingerprint density at radius 2 is 1.92 bits per heavy atom. The topological polar surface area (TPSA) is 65.5 Å². The van der Waals surface area contributed by atoms with Crippen LogP contribution in [0, 0.1) is 11.7 Å². The molecule has 0 unspecified atom stereocenters. The van der Waals surface area contributed by atoms with Crippen molar-refractivity contribution in [2.75, 3.05) is 6.61 Å². The third-order valence-electron chi connectivity index (χ3n) is 3.82. The van der Waals surface area contributed by atoms with Crippen molar-refractivity contribution < 1.29 is 14.2 Å². The Morgan fingerprint density at radius 3 is 2.48 bits per heavy atom. The van der Waals surface area contributed by atoms with Crippen molar-refractivity contribution >= 4 is 12.2 Å². The number of rotatable bonds is 4. The van der Waals surface area contributed by atoms with Crippen molar-refractivity contribution in [1.29, 1.82) is 0 Å². The molecule has 1 fully saturated rings. The van der Waals surface area contributed by atoms with Crippen molar-refractivity contribution in [2.45, 2.75) is 84.5 Å². The average Bonchev–Trinajstić information content (AvgIpc) is 2.80. The number of H-pyrrole nitrogens is 1. The van der Waals surface area contributed by atoms with E-state index in [4.69, 9.17) is 26.4 Å². The second-order valence-corrected chi connectivity index (χ2v) is 8.92. The summed E-state index contributed by atoms with van der Waals surface area (Å²) in [6.45, 7) is 14.3. The van der Waals surface area contributed by atoms with E-state index in [0.717, 1.165) is 0 Å². The van der Waals surface area contributed by atoms with Crippen LogP contribution in [0.15, 0.2) is 11.0 Å². The molecule has 0 bridgehead atoms. The summed E-state index contributed by atoms with van der Waals surface area (Å²) in [6, 6.07) is 0. The Kier molecular flexibility index (Phi) is 5.93. The minimum atomic E-state index is -0.288. The van der Waals surface area contributed by atoms with E-state index >= 15 is 0 Å². The van der Waals surface area contributed by atoms with Gasteiger partial charge < -0.3 is 14.2 Å². The maximum absolute atomic E-state index is 11.7. The SMILES string of the molecule is Cc1cn([C@H]2C[C@@H](OC(C)(C)C)[C@@H](COC(C)(C)C)O2)c(=S)[nH]c1=O. The molecule has 7 heteroatoms. The highest BCUT2D eigenvalue weighted by Gasteiger charge is 2.40. The van der Waals surface area contributed by atoms with Crippen molar-refractivity contribution in [3.8, 4) is 0 Å². The van der Waals surface area contributed by atoms with Gasteiger partial charge in [-0.1, -0.05) is 0 Å². The zero-order valence-electron chi connectivity index (χ0n) is 16.2. The van der Waals surface area contributed by atoms with Gasteiger partial charge in [-0.2, -0.15) is 0 Å². The molecule has 142 valence electrons. The minimum absolute atomic E-state index is 0.110. The Bertz CT molecular complexity index is 712. The highest BCUT2D eigenvalue weighted by Crippen LogP contribution is 2.34. The molecule has 1 aromatic heterocycles. The van der Waals surface area contributed by atoms with Crippen LogP contribution in [0.5, 0.6) is 0 Å². The summed E-state index contributed by atoms with van der Waals surface area (Å²) in [5.74, 6) is 0. The first kappa shape index (κ1) is 20.3. The van der Waals surface area contributed by atoms with E-state index in [0.29, 0.717) is 23.4 Å². The molecule has 0 spiro atoms. The zero-order valence-corrected chi connectivity index (χ0v) is 17.0. The van der Waals surface area contributed by atoms with Crippen LogP contribution in [0.25, 0.3) is 0 Å². The molecule has 0 aliphatic carbocycles. The third kappa shape index (κ3) is 5.74. The second-order valence-electron chi connectivity index (χ2n) is 8.54. The van der Waals surface area contributed by atoms with Gasteiger partial charge in [0.1, 0.15) is 12.3 Å². The summed E-state index contributed by atoms with van der Waals surface area (Å²) in [6.07, 6.45) is 1.80. The lowest BCUT2D eigenvalue weighted by Crippen LogP contribution is -2.37. The number of ether oxygens (including phenoxy) is 3. The number of hydrogen-bond donors (Lipinski definition) is 1. The lowest BCUT2D eigenvalue weighted by Gasteiger charge is -2.29. The van der Waals surface area contributed by atoms with E-state index in [1.165, 1.54) is 0 Å². The fourth-order valence-electron chi connectivity index (χ4n) is 2.73. The van der Waals surface area contributed by atoms with Crippen LogP contribution < -0.4 is 5.56 Å². The normalized spacial score (nSPS) is 24.7. The quantitative estimate of drug-likeness (QED) is 0.822. The summed E-state index contributed by atoms with van der Waals surface area (Å²) in [5, 5.41) is 0. The van der Waals surface area contributed by atoms with Gasteiger partial charge in [-0.25, -0.2) is 0 Å². The van der Waals surface area contributed by atoms with Crippen LogP contribution >= 0.6 is 12.2 Å². The van der Waals surface area contributed by atoms with E-state index in [-0.39, 0.29) is 35.2 Å². The van der Waals surface area contributed by atoms with Gasteiger partial charge in [-0.05, 0) is 60.7 Å². The van der Waals surface area contributed by atoms with Gasteiger partial charge in [0.05, 0.1) is 23.9 Å². The van der Waals surface area contributed by atoms with Gasteiger partial charge in [0, 0.05) is 18.2 Å². The Labute approximate surface area is 154 Å². The largest absolute Gasteiger partial charge is 0.373 e. The second kappa shape index (κ2) is 7.31. The van der Waals surface area contributed by atoms with Gasteiger partial charge in [0.2, 0.25) is 0 Å². The van der Waals surface area contributed by atoms with Crippen LogP contribution in [0.4, 0.5) is 0 Å². The third-order valence-corrected chi connectivity index (χ3v) is 4.14. The average molecular weight is 371 g/mol. The number of aryl methyl sites for hydroxylation is 1.